The number of hydrogen-bond acceptors (Lipinski definition) is 5. The summed E-state index contributed by atoms with van der Waals surface area (Å²) < 4.78 is 7.21. The number of hydrogen-bond donors (Lipinski definition) is 1. The van der Waals surface area contributed by atoms with Gasteiger partial charge in [0.25, 0.3) is 0 Å². The molecule has 2 N–H and O–H groups in total. The molecule has 0 aliphatic carbocycles. The average Bonchev–Trinajstić information content (AvgIpc) is 2.77. The summed E-state index contributed by atoms with van der Waals surface area (Å²) in [5.74, 6) is 0.528. The van der Waals surface area contributed by atoms with Gasteiger partial charge >= 0.3 is 16.5 Å². The Morgan fingerprint density at radius 2 is 2.09 bits per heavy atom. The van der Waals surface area contributed by atoms with E-state index in [1.54, 1.807) is 3.55 Å². The minimum absolute atomic E-state index is 0.154. The van der Waals surface area contributed by atoms with Gasteiger partial charge in [-0.25, -0.2) is 9.97 Å². The minimum atomic E-state index is -0.154. The summed E-state index contributed by atoms with van der Waals surface area (Å²) in [6.07, 6.45) is 1.52. The second kappa shape index (κ2) is 5.80. The van der Waals surface area contributed by atoms with Crippen molar-refractivity contribution in [2.75, 3.05) is 5.73 Å². The van der Waals surface area contributed by atoms with Crippen LogP contribution in [0.5, 0.6) is 5.88 Å². The highest BCUT2D eigenvalue weighted by atomic mass is 27.1. The number of Topliss-reactive ketones (excluding diaryl/α,β-unsaturated/α-hetero) is 1. The third-order valence-electron chi connectivity index (χ3n) is 3.29. The first-order chi connectivity index (χ1) is 10.6. The molecule has 0 aliphatic heterocycles. The van der Waals surface area contributed by atoms with Crippen molar-refractivity contribution in [1.29, 1.82) is 0 Å². The molecule has 7 heteroatoms. The SMILES string of the molecule is CC(=O)c1c(N)[n]([Al])c2ncc(OCc3ccccc3)nc12. The number of nitrogens with zero attached hydrogens (tertiary/aromatic N) is 3. The molecule has 108 valence electrons. The van der Waals surface area contributed by atoms with Gasteiger partial charge in [0.15, 0.2) is 5.78 Å². The van der Waals surface area contributed by atoms with Gasteiger partial charge in [0.1, 0.15) is 17.8 Å². The normalized spacial score (nSPS) is 10.8. The fraction of sp³-hybridized carbons (Fsp3) is 0.133. The summed E-state index contributed by atoms with van der Waals surface area (Å²) in [7, 11) is 0. The zero-order valence-corrected chi connectivity index (χ0v) is 13.1. The van der Waals surface area contributed by atoms with Crippen LogP contribution in [0.15, 0.2) is 36.5 Å². The summed E-state index contributed by atoms with van der Waals surface area (Å²) in [5.41, 5.74) is 8.30. The Bertz CT molecular complexity index is 846. The van der Waals surface area contributed by atoms with Crippen LogP contribution in [0.2, 0.25) is 0 Å². The van der Waals surface area contributed by atoms with Gasteiger partial charge in [-0.05, 0) is 12.5 Å². The van der Waals surface area contributed by atoms with E-state index >= 15 is 0 Å². The van der Waals surface area contributed by atoms with E-state index in [0.717, 1.165) is 5.56 Å². The van der Waals surface area contributed by atoms with E-state index in [9.17, 15) is 4.79 Å². The molecule has 0 unspecified atom stereocenters. The fourth-order valence-corrected chi connectivity index (χ4v) is 2.53. The molecule has 0 fully saturated rings. The van der Waals surface area contributed by atoms with Crippen LogP contribution >= 0.6 is 0 Å². The molecule has 0 bridgehead atoms. The number of ether oxygens (including phenoxy) is 1. The maximum absolute atomic E-state index is 11.8. The Kier molecular flexibility index (Phi) is 3.84. The van der Waals surface area contributed by atoms with Gasteiger partial charge < -0.3 is 14.0 Å². The predicted octanol–water partition coefficient (Wildman–Crippen LogP) is 1.73. The molecule has 3 rings (SSSR count). The third-order valence-corrected chi connectivity index (χ3v) is 3.82. The van der Waals surface area contributed by atoms with Gasteiger partial charge in [-0.15, -0.1) is 0 Å². The van der Waals surface area contributed by atoms with E-state index in [1.807, 2.05) is 30.3 Å². The van der Waals surface area contributed by atoms with Gasteiger partial charge in [-0.1, -0.05) is 30.3 Å². The lowest BCUT2D eigenvalue weighted by molar-refractivity contribution is 0.102. The standard InChI is InChI=1S/C15H14N4O2.Al/c1-9(20)12-13-15(19-14(12)16)17-7-11(18-13)21-8-10-5-3-2-4-6-10;/h2-7H,8H2,1H3,(H3,16,17,18,19,20);/q;+1/p-1. The van der Waals surface area contributed by atoms with E-state index in [1.165, 1.54) is 13.1 Å². The quantitative estimate of drug-likeness (QED) is 0.586. The van der Waals surface area contributed by atoms with Crippen LogP contribution in [0.25, 0.3) is 11.2 Å². The van der Waals surface area contributed by atoms with Gasteiger partial charge in [0.05, 0.1) is 17.6 Å². The number of fused-ring (bicyclic) bond motifs is 1. The first kappa shape index (κ1) is 14.6. The summed E-state index contributed by atoms with van der Waals surface area (Å²) in [6.45, 7) is 1.84. The minimum Gasteiger partial charge on any atom is -0.472 e. The van der Waals surface area contributed by atoms with Crippen LogP contribution in [-0.4, -0.2) is 35.8 Å². The maximum atomic E-state index is 11.8. The Morgan fingerprint density at radius 3 is 2.77 bits per heavy atom. The summed E-state index contributed by atoms with van der Waals surface area (Å²) in [5, 5.41) is 0. The molecule has 2 heterocycles. The van der Waals surface area contributed by atoms with Crippen molar-refractivity contribution in [3.8, 4) is 5.88 Å². The van der Waals surface area contributed by atoms with E-state index in [0.29, 0.717) is 35.0 Å². The van der Waals surface area contributed by atoms with E-state index < -0.39 is 0 Å². The smallest absolute Gasteiger partial charge is 0.323 e. The van der Waals surface area contributed by atoms with Crippen LogP contribution in [-0.2, 0) is 6.61 Å². The third kappa shape index (κ3) is 2.57. The number of aromatic nitrogens is 3. The molecular weight excluding hydrogens is 295 g/mol. The van der Waals surface area contributed by atoms with Crippen molar-refractivity contribution in [3.63, 3.8) is 0 Å². The number of nitrogens with two attached hydrogens (primary N) is 1. The number of rotatable bonds is 4. The molecule has 3 aromatic rings. The van der Waals surface area contributed by atoms with Crippen molar-refractivity contribution < 1.29 is 9.53 Å². The molecule has 2 aromatic heterocycles. The molecule has 1 aromatic carbocycles. The zero-order chi connectivity index (χ0) is 15.7. The molecule has 0 spiro atoms. The lowest BCUT2D eigenvalue weighted by Gasteiger charge is -2.05. The van der Waals surface area contributed by atoms with Crippen LogP contribution in [0.1, 0.15) is 22.8 Å². The monoisotopic (exact) mass is 308 g/mol. The molecule has 0 saturated carbocycles. The van der Waals surface area contributed by atoms with Crippen molar-refractivity contribution in [2.24, 2.45) is 0 Å². The molecule has 2 radical (unpaired) electrons. The van der Waals surface area contributed by atoms with Crippen LogP contribution in [0.3, 0.4) is 0 Å². The van der Waals surface area contributed by atoms with Crippen LogP contribution < -0.4 is 10.5 Å². The first-order valence-electron chi connectivity index (χ1n) is 6.67. The van der Waals surface area contributed by atoms with Gasteiger partial charge in [0, 0.05) is 0 Å². The van der Waals surface area contributed by atoms with Gasteiger partial charge in [0.2, 0.25) is 5.88 Å². The van der Waals surface area contributed by atoms with Gasteiger partial charge in [-0.2, -0.15) is 0 Å². The van der Waals surface area contributed by atoms with Crippen molar-refractivity contribution in [2.45, 2.75) is 13.5 Å². The number of benzene rings is 1. The van der Waals surface area contributed by atoms with E-state index in [2.05, 4.69) is 26.5 Å². The molecule has 0 amide bonds. The Labute approximate surface area is 135 Å². The Hall–Kier alpha value is -2.36. The zero-order valence-electron chi connectivity index (χ0n) is 12.0. The highest BCUT2D eigenvalue weighted by Crippen LogP contribution is 2.26. The number of carbonyl (C=O) groups is 1. The summed E-state index contributed by atoms with van der Waals surface area (Å²) >= 11 is 2.43. The molecule has 22 heavy (non-hydrogen) atoms. The van der Waals surface area contributed by atoms with Crippen molar-refractivity contribution in [1.82, 2.24) is 13.5 Å². The highest BCUT2D eigenvalue weighted by molar-refractivity contribution is 6.19. The predicted molar refractivity (Wildman–Crippen MR) is 83.9 cm³/mol. The molecule has 0 aliphatic rings. The molecule has 0 saturated heterocycles. The second-order valence-corrected chi connectivity index (χ2v) is 5.36. The van der Waals surface area contributed by atoms with E-state index in [4.69, 9.17) is 10.5 Å². The lowest BCUT2D eigenvalue weighted by atomic mass is 10.2. The van der Waals surface area contributed by atoms with Crippen molar-refractivity contribution in [3.05, 3.63) is 47.7 Å². The largest absolute Gasteiger partial charge is 0.472 e. The van der Waals surface area contributed by atoms with Gasteiger partial charge in [-0.3, -0.25) is 4.79 Å². The molecule has 0 atom stereocenters. The second-order valence-electron chi connectivity index (χ2n) is 4.84. The molecule has 6 nitrogen and oxygen atoms in total. The first-order valence-corrected chi connectivity index (χ1v) is 7.19. The number of carbonyl (C=O) groups excluding carboxylic acids is 1. The van der Waals surface area contributed by atoms with E-state index in [-0.39, 0.29) is 5.78 Å². The number of nitrogen functional groups attached to an aromatic ring is 1. The average molecular weight is 308 g/mol. The van der Waals surface area contributed by atoms with Crippen molar-refractivity contribution >= 4 is 39.3 Å². The summed E-state index contributed by atoms with van der Waals surface area (Å²) in [4.78, 5) is 20.4. The summed E-state index contributed by atoms with van der Waals surface area (Å²) in [6, 6.07) is 9.75. The topological polar surface area (TPSA) is 83.0 Å². The number of ketones is 1. The van der Waals surface area contributed by atoms with Crippen LogP contribution in [0, 0.1) is 0 Å². The maximum Gasteiger partial charge on any atom is 0.323 e. The molecular formula is C15H13AlN4O2. The number of anilines is 1. The Balaban J connectivity index is 1.95. The fourth-order valence-electron chi connectivity index (χ4n) is 2.21. The highest BCUT2D eigenvalue weighted by Gasteiger charge is 2.18. The van der Waals surface area contributed by atoms with Crippen LogP contribution in [0.4, 0.5) is 5.82 Å². The Morgan fingerprint density at radius 1 is 1.36 bits per heavy atom. The lowest BCUT2D eigenvalue weighted by Crippen LogP contribution is -2.02.